The van der Waals surface area contributed by atoms with Crippen molar-refractivity contribution < 1.29 is 9.90 Å². The minimum absolute atomic E-state index is 0.544. The molecule has 0 amide bonds. The molecule has 100 valence electrons. The molecule has 0 aliphatic rings. The third-order valence-corrected chi connectivity index (χ3v) is 4.23. The second kappa shape index (κ2) is 7.44. The van der Waals surface area contributed by atoms with Crippen molar-refractivity contribution in [2.75, 3.05) is 18.6 Å². The fourth-order valence-electron chi connectivity index (χ4n) is 1.79. The van der Waals surface area contributed by atoms with Gasteiger partial charge < -0.3 is 10.4 Å². The molecule has 3 nitrogen and oxygen atoms in total. The Balaban J connectivity index is 2.85. The summed E-state index contributed by atoms with van der Waals surface area (Å²) in [6, 6.07) is 9.38. The Morgan fingerprint density at radius 3 is 2.56 bits per heavy atom. The third kappa shape index (κ3) is 3.50. The van der Waals surface area contributed by atoms with Gasteiger partial charge in [0.1, 0.15) is 0 Å². The number of hydrogen-bond acceptors (Lipinski definition) is 3. The molecule has 0 spiro atoms. The van der Waals surface area contributed by atoms with Crippen LogP contribution in [0.15, 0.2) is 30.3 Å². The highest BCUT2D eigenvalue weighted by molar-refractivity contribution is 7.99. The zero-order chi connectivity index (χ0) is 13.4. The first-order valence-electron chi connectivity index (χ1n) is 6.23. The van der Waals surface area contributed by atoms with Gasteiger partial charge in [-0.1, -0.05) is 43.7 Å². The molecule has 1 rings (SSSR count). The van der Waals surface area contributed by atoms with E-state index in [1.165, 1.54) is 0 Å². The summed E-state index contributed by atoms with van der Waals surface area (Å²) in [5, 5.41) is 12.5. The number of hydrogen-bond donors (Lipinski definition) is 2. The van der Waals surface area contributed by atoms with Crippen molar-refractivity contribution in [2.24, 2.45) is 0 Å². The standard InChI is InChI=1S/C14H21NO2S/c1-3-4-10-18-11-14(15-2,13(16)17)12-8-6-5-7-9-12/h5-9,15H,3-4,10-11H2,1-2H3,(H,16,17). The summed E-state index contributed by atoms with van der Waals surface area (Å²) >= 11 is 1.69. The van der Waals surface area contributed by atoms with Crippen LogP contribution >= 0.6 is 11.8 Å². The van der Waals surface area contributed by atoms with Gasteiger partial charge in [-0.3, -0.25) is 0 Å². The van der Waals surface area contributed by atoms with Crippen molar-refractivity contribution in [2.45, 2.75) is 25.3 Å². The average Bonchev–Trinajstić information content (AvgIpc) is 2.40. The Labute approximate surface area is 113 Å². The smallest absolute Gasteiger partial charge is 0.329 e. The monoisotopic (exact) mass is 267 g/mol. The predicted octanol–water partition coefficient (Wildman–Crippen LogP) is 2.72. The third-order valence-electron chi connectivity index (χ3n) is 3.02. The molecule has 0 aliphatic heterocycles. The maximum atomic E-state index is 11.6. The Morgan fingerprint density at radius 2 is 2.06 bits per heavy atom. The molecule has 0 heterocycles. The van der Waals surface area contributed by atoms with Crippen LogP contribution in [0.1, 0.15) is 25.3 Å². The Hall–Kier alpha value is -1.00. The van der Waals surface area contributed by atoms with Crippen LogP contribution in [0.2, 0.25) is 0 Å². The zero-order valence-corrected chi connectivity index (χ0v) is 11.8. The normalized spacial score (nSPS) is 14.1. The van der Waals surface area contributed by atoms with E-state index in [1.54, 1.807) is 18.8 Å². The summed E-state index contributed by atoms with van der Waals surface area (Å²) in [5.74, 6) is 0.725. The number of carboxylic acids is 1. The lowest BCUT2D eigenvalue weighted by Gasteiger charge is -2.29. The van der Waals surface area contributed by atoms with Crippen LogP contribution in [0.3, 0.4) is 0 Å². The maximum absolute atomic E-state index is 11.6. The lowest BCUT2D eigenvalue weighted by molar-refractivity contribution is -0.144. The minimum Gasteiger partial charge on any atom is -0.480 e. The van der Waals surface area contributed by atoms with E-state index in [1.807, 2.05) is 30.3 Å². The number of likely N-dealkylation sites (N-methyl/N-ethyl adjacent to an activating group) is 1. The molecular weight excluding hydrogens is 246 g/mol. The molecule has 0 aliphatic carbocycles. The van der Waals surface area contributed by atoms with Gasteiger partial charge >= 0.3 is 5.97 Å². The number of aliphatic carboxylic acids is 1. The van der Waals surface area contributed by atoms with Crippen molar-refractivity contribution in [1.29, 1.82) is 0 Å². The molecule has 0 radical (unpaired) electrons. The van der Waals surface area contributed by atoms with Gasteiger partial charge in [-0.05, 0) is 24.8 Å². The van der Waals surface area contributed by atoms with Gasteiger partial charge in [-0.15, -0.1) is 0 Å². The first kappa shape index (κ1) is 15.1. The van der Waals surface area contributed by atoms with E-state index in [-0.39, 0.29) is 0 Å². The molecular formula is C14H21NO2S. The van der Waals surface area contributed by atoms with Gasteiger partial charge in [0.05, 0.1) is 0 Å². The summed E-state index contributed by atoms with van der Waals surface area (Å²) in [5.41, 5.74) is -0.177. The zero-order valence-electron chi connectivity index (χ0n) is 11.0. The molecule has 4 heteroatoms. The molecule has 0 saturated carbocycles. The van der Waals surface area contributed by atoms with Crippen LogP contribution in [-0.2, 0) is 10.3 Å². The molecule has 18 heavy (non-hydrogen) atoms. The molecule has 2 N–H and O–H groups in total. The Bertz CT molecular complexity index is 369. The predicted molar refractivity (Wildman–Crippen MR) is 77.0 cm³/mol. The van der Waals surface area contributed by atoms with Crippen molar-refractivity contribution in [3.8, 4) is 0 Å². The van der Waals surface area contributed by atoms with Gasteiger partial charge in [0.15, 0.2) is 5.54 Å². The lowest BCUT2D eigenvalue weighted by Crippen LogP contribution is -2.49. The fraction of sp³-hybridized carbons (Fsp3) is 0.500. The first-order chi connectivity index (χ1) is 8.67. The summed E-state index contributed by atoms with van der Waals surface area (Å²) in [6.07, 6.45) is 2.26. The van der Waals surface area contributed by atoms with Crippen LogP contribution in [0, 0.1) is 0 Å². The van der Waals surface area contributed by atoms with Crippen LogP contribution in [-0.4, -0.2) is 29.6 Å². The summed E-state index contributed by atoms with van der Waals surface area (Å²) in [7, 11) is 1.71. The lowest BCUT2D eigenvalue weighted by atomic mass is 9.92. The molecule has 1 unspecified atom stereocenters. The van der Waals surface area contributed by atoms with Crippen LogP contribution in [0.25, 0.3) is 0 Å². The second-order valence-electron chi connectivity index (χ2n) is 4.23. The quantitative estimate of drug-likeness (QED) is 0.711. The molecule has 0 aromatic heterocycles. The Kier molecular flexibility index (Phi) is 6.22. The number of rotatable bonds is 8. The van der Waals surface area contributed by atoms with E-state index >= 15 is 0 Å². The molecule has 1 aromatic carbocycles. The molecule has 0 fully saturated rings. The van der Waals surface area contributed by atoms with E-state index < -0.39 is 11.5 Å². The van der Waals surface area contributed by atoms with Crippen molar-refractivity contribution in [3.63, 3.8) is 0 Å². The van der Waals surface area contributed by atoms with Gasteiger partial charge in [-0.2, -0.15) is 11.8 Å². The van der Waals surface area contributed by atoms with Gasteiger partial charge in [0.25, 0.3) is 0 Å². The summed E-state index contributed by atoms with van der Waals surface area (Å²) in [4.78, 5) is 11.6. The number of carboxylic acid groups (broad SMARTS) is 1. The fourth-order valence-corrected chi connectivity index (χ4v) is 3.16. The molecule has 0 bridgehead atoms. The van der Waals surface area contributed by atoms with Crippen LogP contribution < -0.4 is 5.32 Å². The van der Waals surface area contributed by atoms with Gasteiger partial charge in [0.2, 0.25) is 0 Å². The van der Waals surface area contributed by atoms with Crippen molar-refractivity contribution in [3.05, 3.63) is 35.9 Å². The Morgan fingerprint density at radius 1 is 1.39 bits per heavy atom. The number of nitrogens with one attached hydrogen (secondary N) is 1. The number of carbonyl (C=O) groups is 1. The van der Waals surface area contributed by atoms with Gasteiger partial charge in [0, 0.05) is 5.75 Å². The number of thioether (sulfide) groups is 1. The number of benzene rings is 1. The second-order valence-corrected chi connectivity index (χ2v) is 5.34. The number of unbranched alkanes of at least 4 members (excludes halogenated alkanes) is 1. The van der Waals surface area contributed by atoms with E-state index in [0.717, 1.165) is 24.2 Å². The highest BCUT2D eigenvalue weighted by Crippen LogP contribution is 2.26. The summed E-state index contributed by atoms with van der Waals surface area (Å²) < 4.78 is 0. The molecule has 1 aromatic rings. The first-order valence-corrected chi connectivity index (χ1v) is 7.38. The average molecular weight is 267 g/mol. The molecule has 1 atom stereocenters. The van der Waals surface area contributed by atoms with E-state index in [0.29, 0.717) is 5.75 Å². The largest absolute Gasteiger partial charge is 0.480 e. The summed E-state index contributed by atoms with van der Waals surface area (Å²) in [6.45, 7) is 2.14. The SMILES string of the molecule is CCCCSCC(NC)(C(=O)O)c1ccccc1. The van der Waals surface area contributed by atoms with Crippen molar-refractivity contribution in [1.82, 2.24) is 5.32 Å². The topological polar surface area (TPSA) is 49.3 Å². The van der Waals surface area contributed by atoms with Crippen LogP contribution in [0.5, 0.6) is 0 Å². The minimum atomic E-state index is -0.986. The van der Waals surface area contributed by atoms with Crippen LogP contribution in [0.4, 0.5) is 0 Å². The maximum Gasteiger partial charge on any atom is 0.329 e. The highest BCUT2D eigenvalue weighted by Gasteiger charge is 2.38. The van der Waals surface area contributed by atoms with E-state index in [4.69, 9.17) is 0 Å². The highest BCUT2D eigenvalue weighted by atomic mass is 32.2. The van der Waals surface area contributed by atoms with Gasteiger partial charge in [-0.25, -0.2) is 4.79 Å². The molecule has 0 saturated heterocycles. The van der Waals surface area contributed by atoms with E-state index in [2.05, 4.69) is 12.2 Å². The van der Waals surface area contributed by atoms with E-state index in [9.17, 15) is 9.90 Å². The van der Waals surface area contributed by atoms with Crippen molar-refractivity contribution >= 4 is 17.7 Å².